The number of methoxy groups -OCH3 is 2. The topological polar surface area (TPSA) is 94.5 Å². The van der Waals surface area contributed by atoms with Crippen molar-refractivity contribution in [1.82, 2.24) is 14.9 Å². The Balaban J connectivity index is 1.88. The fraction of sp³-hybridized carbons (Fsp3) is 0.312. The van der Waals surface area contributed by atoms with Gasteiger partial charge in [0.15, 0.2) is 11.5 Å². The molecule has 0 unspecified atom stereocenters. The van der Waals surface area contributed by atoms with Gasteiger partial charge in [0.1, 0.15) is 0 Å². The van der Waals surface area contributed by atoms with Crippen LogP contribution < -0.4 is 25.7 Å². The largest absolute Gasteiger partial charge is 0.493 e. The second-order valence-electron chi connectivity index (χ2n) is 5.01. The first kappa shape index (κ1) is 17.3. The molecule has 0 saturated heterocycles. The summed E-state index contributed by atoms with van der Waals surface area (Å²) in [6, 6.07) is 6.13. The molecule has 0 spiro atoms. The van der Waals surface area contributed by atoms with E-state index in [1.807, 2.05) is 0 Å². The lowest BCUT2D eigenvalue weighted by atomic mass is 10.3. The number of hydrogen-bond acceptors (Lipinski definition) is 5. The minimum atomic E-state index is -0.379. The summed E-state index contributed by atoms with van der Waals surface area (Å²) in [4.78, 5) is 27.7. The summed E-state index contributed by atoms with van der Waals surface area (Å²) in [6.07, 6.45) is 1.46. The third-order valence-corrected chi connectivity index (χ3v) is 3.30. The Labute approximate surface area is 139 Å². The van der Waals surface area contributed by atoms with Gasteiger partial charge in [0, 0.05) is 36.6 Å². The molecule has 0 fully saturated rings. The van der Waals surface area contributed by atoms with E-state index in [0.717, 1.165) is 0 Å². The Morgan fingerprint density at radius 1 is 1.21 bits per heavy atom. The molecule has 128 valence electrons. The smallest absolute Gasteiger partial charge is 0.319 e. The van der Waals surface area contributed by atoms with Crippen molar-refractivity contribution in [1.29, 1.82) is 0 Å². The summed E-state index contributed by atoms with van der Waals surface area (Å²) < 4.78 is 11.8. The van der Waals surface area contributed by atoms with E-state index in [2.05, 4.69) is 15.6 Å². The first-order chi connectivity index (χ1) is 11.5. The molecule has 2 N–H and O–H groups in total. The summed E-state index contributed by atoms with van der Waals surface area (Å²) in [5, 5.41) is 5.37. The zero-order valence-electron chi connectivity index (χ0n) is 13.8. The molecule has 2 rings (SSSR count). The van der Waals surface area contributed by atoms with Gasteiger partial charge in [-0.2, -0.15) is 0 Å². The standard InChI is InChI=1S/C16H20N4O4/c1-11-8-15(21)20(10-18-11)7-6-17-16(22)19-12-4-5-13(23-2)14(9-12)24-3/h4-5,8-10H,6-7H2,1-3H3,(H2,17,19,22). The summed E-state index contributed by atoms with van der Waals surface area (Å²) in [5.74, 6) is 1.10. The van der Waals surface area contributed by atoms with Gasteiger partial charge in [-0.3, -0.25) is 9.36 Å². The maximum atomic E-state index is 11.9. The summed E-state index contributed by atoms with van der Waals surface area (Å²) in [5.41, 5.74) is 1.08. The molecule has 8 nitrogen and oxygen atoms in total. The maximum Gasteiger partial charge on any atom is 0.319 e. The molecule has 0 aliphatic heterocycles. The number of nitrogens with zero attached hydrogens (tertiary/aromatic N) is 2. The number of anilines is 1. The molecule has 1 heterocycles. The molecule has 0 aliphatic carbocycles. The van der Waals surface area contributed by atoms with Crippen LogP contribution in [-0.2, 0) is 6.54 Å². The highest BCUT2D eigenvalue weighted by Gasteiger charge is 2.07. The highest BCUT2D eigenvalue weighted by molar-refractivity contribution is 5.89. The molecule has 0 aliphatic rings. The van der Waals surface area contributed by atoms with Gasteiger partial charge in [0.2, 0.25) is 0 Å². The monoisotopic (exact) mass is 332 g/mol. The molecule has 0 bridgehead atoms. The van der Waals surface area contributed by atoms with Crippen molar-refractivity contribution in [2.24, 2.45) is 0 Å². The predicted molar refractivity (Wildman–Crippen MR) is 89.8 cm³/mol. The van der Waals surface area contributed by atoms with Gasteiger partial charge in [-0.1, -0.05) is 0 Å². The molecule has 0 atom stereocenters. The Morgan fingerprint density at radius 3 is 2.62 bits per heavy atom. The molecular formula is C16H20N4O4. The maximum absolute atomic E-state index is 11.9. The van der Waals surface area contributed by atoms with Gasteiger partial charge in [0.05, 0.1) is 20.5 Å². The third-order valence-electron chi connectivity index (χ3n) is 3.30. The summed E-state index contributed by atoms with van der Waals surface area (Å²) in [6.45, 7) is 2.38. The molecular weight excluding hydrogens is 312 g/mol. The van der Waals surface area contributed by atoms with Gasteiger partial charge in [0.25, 0.3) is 5.56 Å². The van der Waals surface area contributed by atoms with Crippen LogP contribution in [0.4, 0.5) is 10.5 Å². The van der Waals surface area contributed by atoms with Crippen molar-refractivity contribution >= 4 is 11.7 Å². The number of aryl methyl sites for hydroxylation is 1. The first-order valence-corrected chi connectivity index (χ1v) is 7.33. The second-order valence-corrected chi connectivity index (χ2v) is 5.01. The summed E-state index contributed by atoms with van der Waals surface area (Å²) >= 11 is 0. The van der Waals surface area contributed by atoms with Crippen molar-refractivity contribution in [2.75, 3.05) is 26.1 Å². The molecule has 8 heteroatoms. The van der Waals surface area contributed by atoms with Gasteiger partial charge >= 0.3 is 6.03 Å². The van der Waals surface area contributed by atoms with Crippen molar-refractivity contribution in [3.63, 3.8) is 0 Å². The average Bonchev–Trinajstić information content (AvgIpc) is 2.56. The van der Waals surface area contributed by atoms with E-state index in [-0.39, 0.29) is 11.6 Å². The molecule has 0 saturated carbocycles. The minimum Gasteiger partial charge on any atom is -0.493 e. The number of ether oxygens (including phenoxy) is 2. The molecule has 0 radical (unpaired) electrons. The van der Waals surface area contributed by atoms with Gasteiger partial charge in [-0.15, -0.1) is 0 Å². The Morgan fingerprint density at radius 2 is 1.96 bits per heavy atom. The number of rotatable bonds is 6. The Kier molecular flexibility index (Phi) is 5.78. The number of aromatic nitrogens is 2. The van der Waals surface area contributed by atoms with Crippen molar-refractivity contribution in [3.8, 4) is 11.5 Å². The van der Waals surface area contributed by atoms with E-state index in [1.54, 1.807) is 32.2 Å². The third kappa shape index (κ3) is 4.48. The van der Waals surface area contributed by atoms with E-state index in [1.165, 1.54) is 24.1 Å². The number of hydrogen-bond donors (Lipinski definition) is 2. The normalized spacial score (nSPS) is 10.1. The fourth-order valence-corrected chi connectivity index (χ4v) is 2.06. The zero-order chi connectivity index (χ0) is 17.5. The van der Waals surface area contributed by atoms with Gasteiger partial charge in [-0.25, -0.2) is 9.78 Å². The van der Waals surface area contributed by atoms with Crippen LogP contribution in [0.5, 0.6) is 11.5 Å². The van der Waals surface area contributed by atoms with Crippen LogP contribution in [0.15, 0.2) is 35.4 Å². The van der Waals surface area contributed by atoms with E-state index in [4.69, 9.17) is 9.47 Å². The Bertz CT molecular complexity index is 773. The molecule has 1 aromatic heterocycles. The molecule has 24 heavy (non-hydrogen) atoms. The van der Waals surface area contributed by atoms with Crippen LogP contribution in [0, 0.1) is 6.92 Å². The minimum absolute atomic E-state index is 0.149. The zero-order valence-corrected chi connectivity index (χ0v) is 13.8. The molecule has 2 aromatic rings. The van der Waals surface area contributed by atoms with E-state index in [9.17, 15) is 9.59 Å². The van der Waals surface area contributed by atoms with Crippen LogP contribution >= 0.6 is 0 Å². The number of urea groups is 1. The van der Waals surface area contributed by atoms with Crippen molar-refractivity contribution < 1.29 is 14.3 Å². The first-order valence-electron chi connectivity index (χ1n) is 7.33. The SMILES string of the molecule is COc1ccc(NC(=O)NCCn2cnc(C)cc2=O)cc1OC. The quantitative estimate of drug-likeness (QED) is 0.833. The van der Waals surface area contributed by atoms with Crippen molar-refractivity contribution in [3.05, 3.63) is 46.6 Å². The van der Waals surface area contributed by atoms with Crippen LogP contribution in [0.25, 0.3) is 0 Å². The average molecular weight is 332 g/mol. The highest BCUT2D eigenvalue weighted by Crippen LogP contribution is 2.29. The van der Waals surface area contributed by atoms with Crippen LogP contribution in [-0.4, -0.2) is 36.3 Å². The predicted octanol–water partition coefficient (Wildman–Crippen LogP) is 1.39. The van der Waals surface area contributed by atoms with Crippen LogP contribution in [0.3, 0.4) is 0 Å². The lowest BCUT2D eigenvalue weighted by molar-refractivity contribution is 0.251. The van der Waals surface area contributed by atoms with Gasteiger partial charge in [-0.05, 0) is 19.1 Å². The number of benzene rings is 1. The number of carbonyl (C=O) groups is 1. The van der Waals surface area contributed by atoms with E-state index >= 15 is 0 Å². The number of carbonyl (C=O) groups excluding carboxylic acids is 1. The highest BCUT2D eigenvalue weighted by atomic mass is 16.5. The fourth-order valence-electron chi connectivity index (χ4n) is 2.06. The van der Waals surface area contributed by atoms with Gasteiger partial charge < -0.3 is 20.1 Å². The lowest BCUT2D eigenvalue weighted by Crippen LogP contribution is -2.33. The van der Waals surface area contributed by atoms with E-state index in [0.29, 0.717) is 36.0 Å². The Hall–Kier alpha value is -3.03. The van der Waals surface area contributed by atoms with Crippen LogP contribution in [0.2, 0.25) is 0 Å². The molecule has 1 aromatic carbocycles. The van der Waals surface area contributed by atoms with Crippen molar-refractivity contribution in [2.45, 2.75) is 13.5 Å². The van der Waals surface area contributed by atoms with Crippen LogP contribution in [0.1, 0.15) is 5.69 Å². The number of nitrogens with one attached hydrogen (secondary N) is 2. The summed E-state index contributed by atoms with van der Waals surface area (Å²) in [7, 11) is 3.06. The second kappa shape index (κ2) is 8.00. The molecule has 2 amide bonds. The lowest BCUT2D eigenvalue weighted by Gasteiger charge is -2.11. The number of amides is 2. The van der Waals surface area contributed by atoms with E-state index < -0.39 is 0 Å².